The number of nitrogens with zero attached hydrogens (tertiary/aromatic N) is 2. The highest BCUT2D eigenvalue weighted by Gasteiger charge is 2.36. The third-order valence-corrected chi connectivity index (χ3v) is 5.51. The Morgan fingerprint density at radius 2 is 1.71 bits per heavy atom. The molecule has 1 aliphatic rings. The second-order valence-electron chi connectivity index (χ2n) is 7.69. The van der Waals surface area contributed by atoms with Gasteiger partial charge in [-0.25, -0.2) is 4.79 Å². The third-order valence-electron chi connectivity index (χ3n) is 5.51. The molecular weight excluding hydrogens is 394 g/mol. The Kier molecular flexibility index (Phi) is 5.10. The minimum atomic E-state index is -0.760. The molecule has 7 heteroatoms. The van der Waals surface area contributed by atoms with Crippen LogP contribution in [0.25, 0.3) is 11.8 Å². The van der Waals surface area contributed by atoms with Crippen LogP contribution in [0.5, 0.6) is 0 Å². The maximum Gasteiger partial charge on any atom is 0.331 e. The van der Waals surface area contributed by atoms with Crippen LogP contribution in [0.1, 0.15) is 33.8 Å². The van der Waals surface area contributed by atoms with E-state index in [-0.39, 0.29) is 12.1 Å². The van der Waals surface area contributed by atoms with Gasteiger partial charge in [0.2, 0.25) is 0 Å². The number of amides is 4. The molecule has 1 aromatic carbocycles. The van der Waals surface area contributed by atoms with E-state index in [1.54, 1.807) is 18.2 Å². The van der Waals surface area contributed by atoms with Crippen LogP contribution in [0.3, 0.4) is 0 Å². The first-order chi connectivity index (χ1) is 14.8. The molecule has 0 bridgehead atoms. The Bertz CT molecular complexity index is 1210. The number of carbonyl (C=O) groups excluding carboxylic acids is 3. The zero-order valence-corrected chi connectivity index (χ0v) is 17.9. The van der Waals surface area contributed by atoms with Crippen LogP contribution in [0.15, 0.2) is 52.7 Å². The molecular formula is C24H23N3O4. The summed E-state index contributed by atoms with van der Waals surface area (Å²) < 4.78 is 7.36. The normalized spacial score (nSPS) is 15.7. The number of furan rings is 1. The van der Waals surface area contributed by atoms with Crippen molar-refractivity contribution in [2.24, 2.45) is 0 Å². The van der Waals surface area contributed by atoms with Crippen molar-refractivity contribution in [3.63, 3.8) is 0 Å². The van der Waals surface area contributed by atoms with Gasteiger partial charge in [-0.3, -0.25) is 19.8 Å². The molecule has 4 rings (SSSR count). The Labute approximate surface area is 180 Å². The van der Waals surface area contributed by atoms with Gasteiger partial charge in [-0.05, 0) is 68.7 Å². The van der Waals surface area contributed by atoms with Crippen molar-refractivity contribution >= 4 is 23.9 Å². The van der Waals surface area contributed by atoms with Crippen LogP contribution in [0.4, 0.5) is 4.79 Å². The van der Waals surface area contributed by atoms with Crippen LogP contribution in [-0.2, 0) is 16.1 Å². The van der Waals surface area contributed by atoms with Gasteiger partial charge in [-0.15, -0.1) is 0 Å². The third kappa shape index (κ3) is 3.59. The summed E-state index contributed by atoms with van der Waals surface area (Å²) in [5.41, 5.74) is 5.87. The lowest BCUT2D eigenvalue weighted by atomic mass is 10.1. The molecule has 2 aromatic heterocycles. The number of nitrogens with one attached hydrogen (secondary N) is 1. The summed E-state index contributed by atoms with van der Waals surface area (Å²) in [7, 11) is 0. The van der Waals surface area contributed by atoms with E-state index < -0.39 is 17.8 Å². The molecule has 1 N–H and O–H groups in total. The number of carbonyl (C=O) groups is 3. The van der Waals surface area contributed by atoms with E-state index >= 15 is 0 Å². The number of para-hydroxylation sites is 1. The Morgan fingerprint density at radius 1 is 1.00 bits per heavy atom. The average Bonchev–Trinajstić information content (AvgIpc) is 3.31. The molecule has 0 aliphatic carbocycles. The molecule has 3 heterocycles. The predicted octanol–water partition coefficient (Wildman–Crippen LogP) is 3.97. The lowest BCUT2D eigenvalue weighted by Crippen LogP contribution is -2.53. The Hall–Kier alpha value is -3.87. The number of imide groups is 2. The van der Waals surface area contributed by atoms with Crippen LogP contribution >= 0.6 is 0 Å². The van der Waals surface area contributed by atoms with E-state index in [1.807, 2.05) is 26.0 Å². The van der Waals surface area contributed by atoms with Gasteiger partial charge in [0.1, 0.15) is 11.3 Å². The van der Waals surface area contributed by atoms with Crippen LogP contribution in [-0.4, -0.2) is 27.3 Å². The number of aryl methyl sites for hydroxylation is 3. The summed E-state index contributed by atoms with van der Waals surface area (Å²) >= 11 is 0. The first kappa shape index (κ1) is 20.4. The molecule has 1 saturated heterocycles. The summed E-state index contributed by atoms with van der Waals surface area (Å²) in [6.07, 6.45) is 3.01. The number of hydrogen-bond donors (Lipinski definition) is 1. The molecule has 7 nitrogen and oxygen atoms in total. The number of aromatic nitrogens is 1. The van der Waals surface area contributed by atoms with Crippen molar-refractivity contribution in [1.29, 1.82) is 0 Å². The number of benzene rings is 1. The lowest BCUT2D eigenvalue weighted by Gasteiger charge is -2.25. The van der Waals surface area contributed by atoms with Crippen molar-refractivity contribution in [2.45, 2.75) is 34.2 Å². The topological polar surface area (TPSA) is 84.6 Å². The minimum absolute atomic E-state index is 0.0519. The van der Waals surface area contributed by atoms with Crippen molar-refractivity contribution in [2.75, 3.05) is 0 Å². The SMILES string of the molecule is Cc1cccc(C)c1-n1c(C)cc(C=C2C(=O)NC(=O)N(Cc3ccco3)C2=O)c1C. The van der Waals surface area contributed by atoms with Crippen LogP contribution in [0, 0.1) is 27.7 Å². The molecule has 0 radical (unpaired) electrons. The first-order valence-corrected chi connectivity index (χ1v) is 9.94. The standard InChI is InChI=1S/C24H23N3O4/c1-14-7-5-8-15(2)21(14)27-16(3)11-18(17(27)4)12-20-22(28)25-24(30)26(23(20)29)13-19-9-6-10-31-19/h5-12H,13H2,1-4H3,(H,25,28,30). The second-order valence-corrected chi connectivity index (χ2v) is 7.69. The predicted molar refractivity (Wildman–Crippen MR) is 115 cm³/mol. The van der Waals surface area contributed by atoms with Gasteiger partial charge in [0.15, 0.2) is 0 Å². The minimum Gasteiger partial charge on any atom is -0.467 e. The van der Waals surface area contributed by atoms with Gasteiger partial charge < -0.3 is 8.98 Å². The molecule has 0 atom stereocenters. The van der Waals surface area contributed by atoms with Crippen molar-refractivity contribution in [1.82, 2.24) is 14.8 Å². The smallest absolute Gasteiger partial charge is 0.331 e. The van der Waals surface area contributed by atoms with Crippen molar-refractivity contribution in [3.8, 4) is 5.69 Å². The molecule has 0 spiro atoms. The highest BCUT2D eigenvalue weighted by atomic mass is 16.3. The van der Waals surface area contributed by atoms with Gasteiger partial charge in [0, 0.05) is 11.4 Å². The maximum absolute atomic E-state index is 13.0. The summed E-state index contributed by atoms with van der Waals surface area (Å²) in [5.74, 6) is -0.907. The first-order valence-electron chi connectivity index (χ1n) is 9.94. The van der Waals surface area contributed by atoms with E-state index in [0.717, 1.165) is 38.7 Å². The fourth-order valence-electron chi connectivity index (χ4n) is 3.99. The lowest BCUT2D eigenvalue weighted by molar-refractivity contribution is -0.130. The molecule has 0 unspecified atom stereocenters. The van der Waals surface area contributed by atoms with Gasteiger partial charge >= 0.3 is 6.03 Å². The van der Waals surface area contributed by atoms with Crippen molar-refractivity contribution in [3.05, 3.63) is 82.1 Å². The molecule has 31 heavy (non-hydrogen) atoms. The monoisotopic (exact) mass is 417 g/mol. The van der Waals surface area contributed by atoms with Crippen LogP contribution in [0.2, 0.25) is 0 Å². The van der Waals surface area contributed by atoms with Crippen LogP contribution < -0.4 is 5.32 Å². The number of barbiturate groups is 1. The summed E-state index contributed by atoms with van der Waals surface area (Å²) in [6.45, 7) is 7.98. The van der Waals surface area contributed by atoms with E-state index in [4.69, 9.17) is 4.42 Å². The Balaban J connectivity index is 1.75. The van der Waals surface area contributed by atoms with E-state index in [9.17, 15) is 14.4 Å². The zero-order valence-electron chi connectivity index (χ0n) is 17.9. The van der Waals surface area contributed by atoms with Crippen molar-refractivity contribution < 1.29 is 18.8 Å². The van der Waals surface area contributed by atoms with Gasteiger partial charge in [-0.1, -0.05) is 18.2 Å². The number of hydrogen-bond acceptors (Lipinski definition) is 4. The van der Waals surface area contributed by atoms with E-state index in [1.165, 1.54) is 6.26 Å². The number of urea groups is 1. The van der Waals surface area contributed by atoms with E-state index in [0.29, 0.717) is 5.76 Å². The largest absolute Gasteiger partial charge is 0.467 e. The highest BCUT2D eigenvalue weighted by molar-refractivity contribution is 6.31. The summed E-state index contributed by atoms with van der Waals surface area (Å²) in [6, 6.07) is 10.6. The fraction of sp³-hybridized carbons (Fsp3) is 0.208. The summed E-state index contributed by atoms with van der Waals surface area (Å²) in [4.78, 5) is 38.7. The maximum atomic E-state index is 13.0. The van der Waals surface area contributed by atoms with Gasteiger partial charge in [0.05, 0.1) is 18.5 Å². The molecule has 3 aromatic rings. The zero-order chi connectivity index (χ0) is 22.3. The summed E-state index contributed by atoms with van der Waals surface area (Å²) in [5, 5.41) is 2.24. The van der Waals surface area contributed by atoms with Gasteiger partial charge in [0.25, 0.3) is 11.8 Å². The number of rotatable bonds is 4. The molecule has 0 saturated carbocycles. The quantitative estimate of drug-likeness (QED) is 0.514. The molecule has 158 valence electrons. The average molecular weight is 417 g/mol. The van der Waals surface area contributed by atoms with E-state index in [2.05, 4.69) is 35.9 Å². The fourth-order valence-corrected chi connectivity index (χ4v) is 3.99. The highest BCUT2D eigenvalue weighted by Crippen LogP contribution is 2.28. The van der Waals surface area contributed by atoms with Gasteiger partial charge in [-0.2, -0.15) is 0 Å². The Morgan fingerprint density at radius 3 is 2.35 bits per heavy atom. The molecule has 1 fully saturated rings. The second kappa shape index (κ2) is 7.75. The molecule has 1 aliphatic heterocycles. The molecule has 4 amide bonds.